The third-order valence-electron chi connectivity index (χ3n) is 2.72. The van der Waals surface area contributed by atoms with Crippen LogP contribution in [0.5, 0.6) is 5.75 Å². The zero-order chi connectivity index (χ0) is 11.5. The molecule has 0 fully saturated rings. The van der Waals surface area contributed by atoms with Crippen molar-refractivity contribution < 1.29 is 9.84 Å². The Kier molecular flexibility index (Phi) is 3.66. The standard InChI is InChI=1S/C13H15BrO2/c1-2-3-12(15)8-10-7-11(14)6-9-4-5-16-13(9)10/h2,6-7,12,15H,1,3-5,8H2. The molecule has 3 heteroatoms. The number of rotatable bonds is 4. The molecule has 0 saturated heterocycles. The van der Waals surface area contributed by atoms with E-state index in [4.69, 9.17) is 4.74 Å². The van der Waals surface area contributed by atoms with Crippen LogP contribution in [0.4, 0.5) is 0 Å². The van der Waals surface area contributed by atoms with Crippen molar-refractivity contribution in [3.05, 3.63) is 40.4 Å². The molecule has 1 atom stereocenters. The fourth-order valence-corrected chi connectivity index (χ4v) is 2.58. The first kappa shape index (κ1) is 11.7. The van der Waals surface area contributed by atoms with Crippen molar-refractivity contribution in [1.29, 1.82) is 0 Å². The van der Waals surface area contributed by atoms with Crippen molar-refractivity contribution in [2.75, 3.05) is 6.61 Å². The summed E-state index contributed by atoms with van der Waals surface area (Å²) in [6.07, 6.45) is 3.55. The van der Waals surface area contributed by atoms with E-state index in [0.717, 1.165) is 28.8 Å². The van der Waals surface area contributed by atoms with Crippen LogP contribution < -0.4 is 4.74 Å². The normalized spacial score (nSPS) is 15.4. The van der Waals surface area contributed by atoms with Crippen molar-refractivity contribution in [3.63, 3.8) is 0 Å². The van der Waals surface area contributed by atoms with Gasteiger partial charge in [-0.3, -0.25) is 0 Å². The lowest BCUT2D eigenvalue weighted by Crippen LogP contribution is -2.09. The molecule has 2 rings (SSSR count). The minimum atomic E-state index is -0.375. The summed E-state index contributed by atoms with van der Waals surface area (Å²) in [4.78, 5) is 0. The van der Waals surface area contributed by atoms with E-state index in [1.807, 2.05) is 6.07 Å². The van der Waals surface area contributed by atoms with Gasteiger partial charge in [-0.05, 0) is 29.7 Å². The monoisotopic (exact) mass is 282 g/mol. The Morgan fingerprint density at radius 3 is 3.12 bits per heavy atom. The molecule has 1 aliphatic rings. The number of hydrogen-bond donors (Lipinski definition) is 1. The Morgan fingerprint density at radius 2 is 2.38 bits per heavy atom. The number of aliphatic hydroxyl groups excluding tert-OH is 1. The van der Waals surface area contributed by atoms with E-state index >= 15 is 0 Å². The lowest BCUT2D eigenvalue weighted by Gasteiger charge is -2.12. The highest BCUT2D eigenvalue weighted by atomic mass is 79.9. The average molecular weight is 283 g/mol. The molecule has 16 heavy (non-hydrogen) atoms. The first-order valence-electron chi connectivity index (χ1n) is 5.43. The quantitative estimate of drug-likeness (QED) is 0.861. The van der Waals surface area contributed by atoms with Crippen molar-refractivity contribution >= 4 is 15.9 Å². The fourth-order valence-electron chi connectivity index (χ4n) is 2.03. The van der Waals surface area contributed by atoms with Gasteiger partial charge in [-0.15, -0.1) is 6.58 Å². The van der Waals surface area contributed by atoms with Gasteiger partial charge < -0.3 is 9.84 Å². The minimum Gasteiger partial charge on any atom is -0.493 e. The third kappa shape index (κ3) is 2.47. The number of fused-ring (bicyclic) bond motifs is 1. The van der Waals surface area contributed by atoms with Crippen LogP contribution in [-0.2, 0) is 12.8 Å². The number of benzene rings is 1. The number of ether oxygens (including phenoxy) is 1. The van der Waals surface area contributed by atoms with Crippen LogP contribution in [0.3, 0.4) is 0 Å². The fraction of sp³-hybridized carbons (Fsp3) is 0.385. The van der Waals surface area contributed by atoms with Crippen LogP contribution >= 0.6 is 15.9 Å². The highest BCUT2D eigenvalue weighted by molar-refractivity contribution is 9.10. The lowest BCUT2D eigenvalue weighted by molar-refractivity contribution is 0.177. The molecule has 0 radical (unpaired) electrons. The van der Waals surface area contributed by atoms with Gasteiger partial charge in [0.15, 0.2) is 0 Å². The molecule has 2 nitrogen and oxygen atoms in total. The van der Waals surface area contributed by atoms with Crippen LogP contribution in [-0.4, -0.2) is 17.8 Å². The summed E-state index contributed by atoms with van der Waals surface area (Å²) in [5, 5.41) is 9.78. The van der Waals surface area contributed by atoms with Gasteiger partial charge in [0.25, 0.3) is 0 Å². The van der Waals surface area contributed by atoms with Gasteiger partial charge in [-0.2, -0.15) is 0 Å². The largest absolute Gasteiger partial charge is 0.493 e. The Bertz CT molecular complexity index is 401. The summed E-state index contributed by atoms with van der Waals surface area (Å²) in [5.74, 6) is 0.964. The molecule has 1 unspecified atom stereocenters. The Balaban J connectivity index is 2.23. The summed E-state index contributed by atoms with van der Waals surface area (Å²) in [7, 11) is 0. The highest BCUT2D eigenvalue weighted by Crippen LogP contribution is 2.33. The third-order valence-corrected chi connectivity index (χ3v) is 3.18. The molecule has 0 aromatic heterocycles. The van der Waals surface area contributed by atoms with E-state index in [2.05, 4.69) is 28.6 Å². The Morgan fingerprint density at radius 1 is 1.56 bits per heavy atom. The number of aliphatic hydroxyl groups is 1. The first-order chi connectivity index (χ1) is 7.70. The number of halogens is 1. The van der Waals surface area contributed by atoms with Gasteiger partial charge in [0, 0.05) is 17.3 Å². The molecule has 1 aromatic rings. The number of hydrogen-bond acceptors (Lipinski definition) is 2. The van der Waals surface area contributed by atoms with Crippen LogP contribution in [0, 0.1) is 0 Å². The van der Waals surface area contributed by atoms with E-state index in [0.29, 0.717) is 12.8 Å². The van der Waals surface area contributed by atoms with Crippen molar-refractivity contribution in [3.8, 4) is 5.75 Å². The summed E-state index contributed by atoms with van der Waals surface area (Å²) < 4.78 is 6.66. The summed E-state index contributed by atoms with van der Waals surface area (Å²) in [6.45, 7) is 4.38. The maximum Gasteiger partial charge on any atom is 0.125 e. The zero-order valence-electron chi connectivity index (χ0n) is 9.08. The van der Waals surface area contributed by atoms with Crippen molar-refractivity contribution in [1.82, 2.24) is 0 Å². The van der Waals surface area contributed by atoms with Crippen molar-refractivity contribution in [2.45, 2.75) is 25.4 Å². The maximum absolute atomic E-state index is 9.78. The summed E-state index contributed by atoms with van der Waals surface area (Å²) in [6, 6.07) is 4.11. The van der Waals surface area contributed by atoms with E-state index in [1.54, 1.807) is 6.08 Å². The van der Waals surface area contributed by atoms with Gasteiger partial charge in [-0.1, -0.05) is 22.0 Å². The molecule has 1 aromatic carbocycles. The smallest absolute Gasteiger partial charge is 0.125 e. The summed E-state index contributed by atoms with van der Waals surface area (Å²) in [5.41, 5.74) is 2.31. The van der Waals surface area contributed by atoms with E-state index in [-0.39, 0.29) is 6.10 Å². The van der Waals surface area contributed by atoms with Gasteiger partial charge in [-0.25, -0.2) is 0 Å². The predicted octanol–water partition coefficient (Wildman–Crippen LogP) is 2.86. The Labute approximate surface area is 104 Å². The van der Waals surface area contributed by atoms with Crippen LogP contribution in [0.1, 0.15) is 17.5 Å². The molecule has 1 heterocycles. The van der Waals surface area contributed by atoms with E-state index in [1.165, 1.54) is 5.56 Å². The maximum atomic E-state index is 9.78. The minimum absolute atomic E-state index is 0.375. The molecule has 86 valence electrons. The van der Waals surface area contributed by atoms with E-state index in [9.17, 15) is 5.11 Å². The SMILES string of the molecule is C=CCC(O)Cc1cc(Br)cc2c1OCC2. The van der Waals surface area contributed by atoms with Gasteiger partial charge in [0.2, 0.25) is 0 Å². The molecule has 0 bridgehead atoms. The molecular weight excluding hydrogens is 268 g/mol. The van der Waals surface area contributed by atoms with Crippen LogP contribution in [0.2, 0.25) is 0 Å². The van der Waals surface area contributed by atoms with Crippen LogP contribution in [0.25, 0.3) is 0 Å². The molecule has 0 spiro atoms. The van der Waals surface area contributed by atoms with Gasteiger partial charge in [0.05, 0.1) is 12.7 Å². The topological polar surface area (TPSA) is 29.5 Å². The average Bonchev–Trinajstić information content (AvgIpc) is 2.65. The molecule has 0 aliphatic carbocycles. The molecule has 1 N–H and O–H groups in total. The summed E-state index contributed by atoms with van der Waals surface area (Å²) >= 11 is 3.49. The molecular formula is C13H15BrO2. The molecule has 0 amide bonds. The molecule has 0 saturated carbocycles. The van der Waals surface area contributed by atoms with Crippen molar-refractivity contribution in [2.24, 2.45) is 0 Å². The zero-order valence-corrected chi connectivity index (χ0v) is 10.7. The Hall–Kier alpha value is -0.800. The molecule has 1 aliphatic heterocycles. The van der Waals surface area contributed by atoms with Gasteiger partial charge >= 0.3 is 0 Å². The second-order valence-corrected chi connectivity index (χ2v) is 4.95. The lowest BCUT2D eigenvalue weighted by atomic mass is 10.0. The second-order valence-electron chi connectivity index (χ2n) is 4.03. The van der Waals surface area contributed by atoms with E-state index < -0.39 is 0 Å². The first-order valence-corrected chi connectivity index (χ1v) is 6.23. The van der Waals surface area contributed by atoms with Gasteiger partial charge in [0.1, 0.15) is 5.75 Å². The van der Waals surface area contributed by atoms with Crippen LogP contribution in [0.15, 0.2) is 29.3 Å². The second kappa shape index (κ2) is 5.02. The predicted molar refractivity (Wildman–Crippen MR) is 67.9 cm³/mol. The highest BCUT2D eigenvalue weighted by Gasteiger charge is 2.18.